The van der Waals surface area contributed by atoms with Crippen LogP contribution in [0.2, 0.25) is 0 Å². The van der Waals surface area contributed by atoms with E-state index >= 15 is 0 Å². The number of hydrogen-bond donors (Lipinski definition) is 1. The fraction of sp³-hybridized carbons (Fsp3) is 0.467. The summed E-state index contributed by atoms with van der Waals surface area (Å²) in [6.45, 7) is 7.11. The van der Waals surface area contributed by atoms with Crippen LogP contribution in [0.5, 0.6) is 5.75 Å². The van der Waals surface area contributed by atoms with Crippen molar-refractivity contribution < 1.29 is 13.5 Å². The van der Waals surface area contributed by atoms with Crippen molar-refractivity contribution in [2.24, 2.45) is 0 Å². The first-order valence-corrected chi connectivity index (χ1v) is 8.13. The minimum Gasteiger partial charge on any atom is -0.434 e. The zero-order chi connectivity index (χ0) is 16.0. The number of rotatable bonds is 7. The lowest BCUT2D eigenvalue weighted by Gasteiger charge is -2.26. The second-order valence-electron chi connectivity index (χ2n) is 5.44. The predicted octanol–water partition coefficient (Wildman–Crippen LogP) is 5.70. The fourth-order valence-electron chi connectivity index (χ4n) is 1.69. The molecule has 0 saturated carbocycles. The molecule has 1 aromatic rings. The minimum absolute atomic E-state index is 0.00438. The molecule has 21 heavy (non-hydrogen) atoms. The van der Waals surface area contributed by atoms with Crippen LogP contribution < -0.4 is 9.46 Å². The minimum atomic E-state index is -2.85. The molecule has 0 saturated heterocycles. The summed E-state index contributed by atoms with van der Waals surface area (Å²) in [5.41, 5.74) is 0.675. The van der Waals surface area contributed by atoms with E-state index in [1.807, 2.05) is 6.07 Å². The van der Waals surface area contributed by atoms with E-state index in [2.05, 4.69) is 52.7 Å². The average molecular weight is 380 g/mol. The van der Waals surface area contributed by atoms with E-state index in [0.717, 1.165) is 4.47 Å². The Morgan fingerprint density at radius 3 is 2.62 bits per heavy atom. The summed E-state index contributed by atoms with van der Waals surface area (Å²) in [7, 11) is 0. The van der Waals surface area contributed by atoms with Gasteiger partial charge in [0, 0.05) is 14.8 Å². The third kappa shape index (κ3) is 6.36. The molecular weight excluding hydrogens is 360 g/mol. The molecule has 0 aliphatic heterocycles. The van der Waals surface area contributed by atoms with Gasteiger partial charge in [0.25, 0.3) is 0 Å². The van der Waals surface area contributed by atoms with E-state index in [-0.39, 0.29) is 16.5 Å². The van der Waals surface area contributed by atoms with Gasteiger partial charge in [-0.05, 0) is 39.3 Å². The molecule has 0 radical (unpaired) electrons. The van der Waals surface area contributed by atoms with Crippen molar-refractivity contribution in [2.75, 3.05) is 0 Å². The van der Waals surface area contributed by atoms with Gasteiger partial charge in [0.2, 0.25) is 0 Å². The number of benzene rings is 1. The SMILES string of the molecule is C=CC[C@@H](NSC(C)(C)C)c1c(Br)cccc1OC(F)F. The Hall–Kier alpha value is -0.590. The van der Waals surface area contributed by atoms with Gasteiger partial charge in [-0.2, -0.15) is 8.78 Å². The molecule has 1 rings (SSSR count). The van der Waals surface area contributed by atoms with E-state index in [1.165, 1.54) is 0 Å². The summed E-state index contributed by atoms with van der Waals surface area (Å²) in [6.07, 6.45) is 2.36. The van der Waals surface area contributed by atoms with Crippen molar-refractivity contribution >= 4 is 27.9 Å². The lowest BCUT2D eigenvalue weighted by atomic mass is 10.0. The normalized spacial score (nSPS) is 13.3. The molecule has 1 N–H and O–H groups in total. The third-order valence-electron chi connectivity index (χ3n) is 2.49. The molecule has 0 spiro atoms. The standard InChI is InChI=1S/C15H20BrF2NOS/c1-5-7-11(19-21-15(2,3)4)13-10(16)8-6-9-12(13)20-14(17)18/h5-6,8-9,11,14,19H,1,7H2,2-4H3/t11-/m1/s1. The second-order valence-corrected chi connectivity index (χ2v) is 7.96. The monoisotopic (exact) mass is 379 g/mol. The highest BCUT2D eigenvalue weighted by molar-refractivity contribution is 9.10. The summed E-state index contributed by atoms with van der Waals surface area (Å²) >= 11 is 4.97. The van der Waals surface area contributed by atoms with Crippen molar-refractivity contribution in [3.63, 3.8) is 0 Å². The molecule has 118 valence electrons. The third-order valence-corrected chi connectivity index (χ3v) is 4.19. The van der Waals surface area contributed by atoms with E-state index in [4.69, 9.17) is 0 Å². The van der Waals surface area contributed by atoms with Crippen LogP contribution in [-0.2, 0) is 0 Å². The van der Waals surface area contributed by atoms with E-state index in [9.17, 15) is 8.78 Å². The number of ether oxygens (including phenoxy) is 1. The summed E-state index contributed by atoms with van der Waals surface area (Å²) < 4.78 is 33.8. The van der Waals surface area contributed by atoms with Crippen LogP contribution in [0, 0.1) is 0 Å². The largest absolute Gasteiger partial charge is 0.434 e. The second kappa shape index (κ2) is 8.15. The van der Waals surface area contributed by atoms with Gasteiger partial charge in [0.05, 0.1) is 6.04 Å². The molecule has 0 bridgehead atoms. The Labute approximate surface area is 137 Å². The topological polar surface area (TPSA) is 21.3 Å². The molecule has 0 aromatic heterocycles. The first-order chi connectivity index (χ1) is 9.74. The summed E-state index contributed by atoms with van der Waals surface area (Å²) in [4.78, 5) is 0. The van der Waals surface area contributed by atoms with Crippen molar-refractivity contribution in [2.45, 2.75) is 44.6 Å². The number of halogens is 3. The van der Waals surface area contributed by atoms with E-state index < -0.39 is 6.61 Å². The van der Waals surface area contributed by atoms with Crippen LogP contribution in [0.15, 0.2) is 35.3 Å². The van der Waals surface area contributed by atoms with Crippen LogP contribution in [-0.4, -0.2) is 11.4 Å². The lowest BCUT2D eigenvalue weighted by molar-refractivity contribution is -0.0507. The molecule has 0 aliphatic rings. The zero-order valence-corrected chi connectivity index (χ0v) is 14.7. The quantitative estimate of drug-likeness (QED) is 0.484. The van der Waals surface area contributed by atoms with Crippen molar-refractivity contribution in [1.82, 2.24) is 4.72 Å². The predicted molar refractivity (Wildman–Crippen MR) is 88.8 cm³/mol. The van der Waals surface area contributed by atoms with Gasteiger partial charge >= 0.3 is 6.61 Å². The highest BCUT2D eigenvalue weighted by Crippen LogP contribution is 2.37. The maximum Gasteiger partial charge on any atom is 0.387 e. The van der Waals surface area contributed by atoms with Gasteiger partial charge in [-0.3, -0.25) is 4.72 Å². The smallest absolute Gasteiger partial charge is 0.387 e. The van der Waals surface area contributed by atoms with Gasteiger partial charge < -0.3 is 4.74 Å². The van der Waals surface area contributed by atoms with Gasteiger partial charge in [-0.15, -0.1) is 6.58 Å². The van der Waals surface area contributed by atoms with Gasteiger partial charge in [0.15, 0.2) is 0 Å². The fourth-order valence-corrected chi connectivity index (χ4v) is 3.03. The van der Waals surface area contributed by atoms with Crippen LogP contribution in [0.3, 0.4) is 0 Å². The first-order valence-electron chi connectivity index (χ1n) is 6.52. The molecule has 0 fully saturated rings. The molecule has 1 atom stereocenters. The Kier molecular flexibility index (Phi) is 7.16. The molecule has 2 nitrogen and oxygen atoms in total. The molecule has 0 aliphatic carbocycles. The maximum atomic E-state index is 12.6. The summed E-state index contributed by atoms with van der Waals surface area (Å²) in [5.74, 6) is 0.174. The van der Waals surface area contributed by atoms with Crippen LogP contribution in [0.25, 0.3) is 0 Å². The molecule has 0 unspecified atom stereocenters. The van der Waals surface area contributed by atoms with Crippen LogP contribution in [0.1, 0.15) is 38.8 Å². The van der Waals surface area contributed by atoms with E-state index in [0.29, 0.717) is 12.0 Å². The van der Waals surface area contributed by atoms with Crippen molar-refractivity contribution in [3.05, 3.63) is 40.9 Å². The van der Waals surface area contributed by atoms with Gasteiger partial charge in [-0.1, -0.05) is 40.0 Å². The molecule has 0 amide bonds. The van der Waals surface area contributed by atoms with Crippen molar-refractivity contribution in [1.29, 1.82) is 0 Å². The molecule has 0 heterocycles. The van der Waals surface area contributed by atoms with Gasteiger partial charge in [0.1, 0.15) is 5.75 Å². The Morgan fingerprint density at radius 1 is 1.43 bits per heavy atom. The number of nitrogens with one attached hydrogen (secondary N) is 1. The summed E-state index contributed by atoms with van der Waals surface area (Å²) in [6, 6.07) is 4.86. The maximum absolute atomic E-state index is 12.6. The van der Waals surface area contributed by atoms with Crippen LogP contribution in [0.4, 0.5) is 8.78 Å². The Morgan fingerprint density at radius 2 is 2.10 bits per heavy atom. The first kappa shape index (κ1) is 18.5. The Balaban J connectivity index is 3.08. The summed E-state index contributed by atoms with van der Waals surface area (Å²) in [5, 5.41) is 0. The van der Waals surface area contributed by atoms with Crippen molar-refractivity contribution in [3.8, 4) is 5.75 Å². The van der Waals surface area contributed by atoms with E-state index in [1.54, 1.807) is 30.2 Å². The zero-order valence-electron chi connectivity index (χ0n) is 12.3. The highest BCUT2D eigenvalue weighted by atomic mass is 79.9. The number of alkyl halides is 2. The average Bonchev–Trinajstić information content (AvgIpc) is 2.34. The number of hydrogen-bond acceptors (Lipinski definition) is 3. The highest BCUT2D eigenvalue weighted by Gasteiger charge is 2.22. The molecule has 6 heteroatoms. The molecular formula is C15H20BrF2NOS. The molecule has 1 aromatic carbocycles. The lowest BCUT2D eigenvalue weighted by Crippen LogP contribution is -2.22. The Bertz CT molecular complexity index is 477. The van der Waals surface area contributed by atoms with Gasteiger partial charge in [-0.25, -0.2) is 0 Å². The van der Waals surface area contributed by atoms with Crippen LogP contribution >= 0.6 is 27.9 Å².